The Hall–Kier alpha value is -2.75. The number of aromatic nitrogens is 1. The molecule has 4 aliphatic rings. The highest BCUT2D eigenvalue weighted by Crippen LogP contribution is 2.30. The third-order valence-electron chi connectivity index (χ3n) is 6.74. The average molecular weight is 373 g/mol. The molecule has 5 rings (SSSR count). The molecule has 28 heavy (non-hydrogen) atoms. The van der Waals surface area contributed by atoms with E-state index in [4.69, 9.17) is 4.99 Å². The largest absolute Gasteiger partial charge is 0.381 e. The quantitative estimate of drug-likeness (QED) is 0.656. The summed E-state index contributed by atoms with van der Waals surface area (Å²) in [6.07, 6.45) is 7.75. The molecule has 0 radical (unpaired) electrons. The monoisotopic (exact) mass is 372 g/mol. The van der Waals surface area contributed by atoms with Crippen LogP contribution in [0.1, 0.15) is 47.0 Å². The van der Waals surface area contributed by atoms with Crippen molar-refractivity contribution in [3.05, 3.63) is 68.8 Å². The average Bonchev–Trinajstić information content (AvgIpc) is 3.49. The molecule has 1 aromatic heterocycles. The van der Waals surface area contributed by atoms with Crippen molar-refractivity contribution in [3.8, 4) is 0 Å². The topological polar surface area (TPSA) is 52.2 Å². The second-order valence-electron chi connectivity index (χ2n) is 8.34. The number of aliphatic imine (C=N–C) groups is 1. The van der Waals surface area contributed by atoms with Crippen LogP contribution in [-0.2, 0) is 0 Å². The Morgan fingerprint density at radius 1 is 0.964 bits per heavy atom. The van der Waals surface area contributed by atoms with Crippen LogP contribution in [0.2, 0.25) is 0 Å². The Morgan fingerprint density at radius 2 is 1.75 bits per heavy atom. The molecule has 1 aromatic rings. The van der Waals surface area contributed by atoms with Gasteiger partial charge in [-0.1, -0.05) is 6.08 Å². The summed E-state index contributed by atoms with van der Waals surface area (Å²) in [5.41, 5.74) is 11.5. The van der Waals surface area contributed by atoms with Crippen molar-refractivity contribution < 1.29 is 0 Å². The second kappa shape index (κ2) is 6.40. The predicted molar refractivity (Wildman–Crippen MR) is 116 cm³/mol. The van der Waals surface area contributed by atoms with E-state index in [1.807, 2.05) is 0 Å². The Morgan fingerprint density at radius 3 is 2.57 bits per heavy atom. The van der Waals surface area contributed by atoms with Gasteiger partial charge in [0.25, 0.3) is 0 Å². The van der Waals surface area contributed by atoms with Gasteiger partial charge in [0, 0.05) is 40.0 Å². The van der Waals surface area contributed by atoms with Crippen LogP contribution in [-0.4, -0.2) is 23.3 Å². The van der Waals surface area contributed by atoms with Crippen LogP contribution < -0.4 is 21.3 Å². The van der Waals surface area contributed by atoms with Crippen LogP contribution in [0, 0.1) is 0 Å². The Balaban J connectivity index is 1.74. The molecule has 0 aromatic carbocycles. The molecule has 4 aliphatic heterocycles. The first-order valence-electron chi connectivity index (χ1n) is 10.3. The molecule has 4 nitrogen and oxygen atoms in total. The van der Waals surface area contributed by atoms with Gasteiger partial charge in [0.05, 0.1) is 6.04 Å². The van der Waals surface area contributed by atoms with Crippen molar-refractivity contribution in [1.82, 2.24) is 15.6 Å². The fourth-order valence-electron chi connectivity index (χ4n) is 4.61. The van der Waals surface area contributed by atoms with Gasteiger partial charge in [-0.3, -0.25) is 4.99 Å². The van der Waals surface area contributed by atoms with Gasteiger partial charge in [-0.05, 0) is 93.0 Å². The third-order valence-corrected chi connectivity index (χ3v) is 6.74. The number of aromatic amines is 1. The molecular formula is C24H28N4. The van der Waals surface area contributed by atoms with E-state index >= 15 is 0 Å². The highest BCUT2D eigenvalue weighted by Gasteiger charge is 2.25. The maximum absolute atomic E-state index is 5.04. The summed E-state index contributed by atoms with van der Waals surface area (Å²) in [5, 5.41) is 9.71. The Kier molecular flexibility index (Phi) is 3.97. The third kappa shape index (κ3) is 2.70. The number of H-pyrrole nitrogens is 1. The highest BCUT2D eigenvalue weighted by molar-refractivity contribution is 6.18. The first-order valence-corrected chi connectivity index (χ1v) is 10.3. The minimum atomic E-state index is 0.354. The number of nitrogens with zero attached hydrogens (tertiary/aromatic N) is 1. The molecule has 0 saturated heterocycles. The van der Waals surface area contributed by atoms with Crippen molar-refractivity contribution in [2.75, 3.05) is 6.54 Å². The molecule has 0 fully saturated rings. The van der Waals surface area contributed by atoms with E-state index in [0.717, 1.165) is 25.8 Å². The van der Waals surface area contributed by atoms with Crippen molar-refractivity contribution in [3.63, 3.8) is 0 Å². The first kappa shape index (κ1) is 17.4. The number of rotatable bonds is 0. The number of hydrogen-bond acceptors (Lipinski definition) is 3. The zero-order valence-corrected chi connectivity index (χ0v) is 17.2. The van der Waals surface area contributed by atoms with E-state index < -0.39 is 0 Å². The standard InChI is InChI=1S/C24H28N4/c1-13-17-11-24(25-12-17)16(4)23-10-9-22(28-23)15(3)21-8-7-20(27-21)14(2)19-6-5-18(13)26-19/h5-6,10-11,22,25-26,28H,7-9,12H2,1-4H3/b18-13-,19-14-,21-15-,24-16+. The van der Waals surface area contributed by atoms with E-state index in [2.05, 4.69) is 67.6 Å². The van der Waals surface area contributed by atoms with Gasteiger partial charge < -0.3 is 15.6 Å². The van der Waals surface area contributed by atoms with E-state index in [0.29, 0.717) is 6.04 Å². The van der Waals surface area contributed by atoms with E-state index in [1.165, 1.54) is 61.4 Å². The molecule has 5 heterocycles. The lowest BCUT2D eigenvalue weighted by atomic mass is 10.0. The fraction of sp³-hybridized carbons (Fsp3) is 0.375. The summed E-state index contributed by atoms with van der Waals surface area (Å²) in [6, 6.07) is 4.75. The van der Waals surface area contributed by atoms with Crippen LogP contribution in [0.5, 0.6) is 0 Å². The zero-order valence-electron chi connectivity index (χ0n) is 17.2. The maximum atomic E-state index is 5.04. The lowest BCUT2D eigenvalue weighted by Gasteiger charge is -2.17. The second-order valence-corrected chi connectivity index (χ2v) is 8.34. The molecule has 144 valence electrons. The zero-order chi connectivity index (χ0) is 19.4. The SMILES string of the molecule is C/C1=C2\CCC(=N2)/C(C)=c2/cc/c([nH]2)=C(\C)C2=C/C(=C(/C)C3=CCC1N3)NC2. The molecule has 0 aliphatic carbocycles. The van der Waals surface area contributed by atoms with Crippen LogP contribution in [0.15, 0.2) is 63.1 Å². The number of allylic oxidation sites excluding steroid dienone is 3. The minimum Gasteiger partial charge on any atom is -0.381 e. The minimum absolute atomic E-state index is 0.354. The normalized spacial score (nSPS) is 33.3. The van der Waals surface area contributed by atoms with E-state index in [9.17, 15) is 0 Å². The highest BCUT2D eigenvalue weighted by atomic mass is 15.0. The Bertz CT molecular complexity index is 1150. The van der Waals surface area contributed by atoms with E-state index in [1.54, 1.807) is 0 Å². The van der Waals surface area contributed by atoms with Gasteiger partial charge in [0.2, 0.25) is 0 Å². The lowest BCUT2D eigenvalue weighted by Crippen LogP contribution is -2.25. The van der Waals surface area contributed by atoms with Crippen LogP contribution in [0.4, 0.5) is 0 Å². The first-order chi connectivity index (χ1) is 13.5. The summed E-state index contributed by atoms with van der Waals surface area (Å²) in [5.74, 6) is 0. The van der Waals surface area contributed by atoms with Gasteiger partial charge in [0.15, 0.2) is 0 Å². The molecule has 0 spiro atoms. The summed E-state index contributed by atoms with van der Waals surface area (Å²) in [6.45, 7) is 9.73. The molecule has 4 heteroatoms. The van der Waals surface area contributed by atoms with Crippen molar-refractivity contribution in [2.24, 2.45) is 4.99 Å². The van der Waals surface area contributed by atoms with Gasteiger partial charge in [-0.25, -0.2) is 0 Å². The van der Waals surface area contributed by atoms with E-state index in [-0.39, 0.29) is 0 Å². The van der Waals surface area contributed by atoms with Gasteiger partial charge in [0.1, 0.15) is 0 Å². The van der Waals surface area contributed by atoms with Crippen molar-refractivity contribution in [1.29, 1.82) is 0 Å². The summed E-state index contributed by atoms with van der Waals surface area (Å²) in [7, 11) is 0. The smallest absolute Gasteiger partial charge is 0.0526 e. The molecular weight excluding hydrogens is 344 g/mol. The molecule has 1 unspecified atom stereocenters. The summed E-state index contributed by atoms with van der Waals surface area (Å²) < 4.78 is 0. The maximum Gasteiger partial charge on any atom is 0.0526 e. The molecule has 1 atom stereocenters. The Labute approximate surface area is 166 Å². The molecule has 0 saturated carbocycles. The molecule has 0 amide bonds. The molecule has 3 N–H and O–H groups in total. The van der Waals surface area contributed by atoms with Gasteiger partial charge in [-0.2, -0.15) is 0 Å². The lowest BCUT2D eigenvalue weighted by molar-refractivity contribution is 0.685. The summed E-state index contributed by atoms with van der Waals surface area (Å²) >= 11 is 0. The fourth-order valence-corrected chi connectivity index (χ4v) is 4.61. The summed E-state index contributed by atoms with van der Waals surface area (Å²) in [4.78, 5) is 8.68. The van der Waals surface area contributed by atoms with Gasteiger partial charge >= 0.3 is 0 Å². The van der Waals surface area contributed by atoms with Crippen LogP contribution >= 0.6 is 0 Å². The van der Waals surface area contributed by atoms with Crippen molar-refractivity contribution >= 4 is 16.9 Å². The van der Waals surface area contributed by atoms with Gasteiger partial charge in [-0.15, -0.1) is 0 Å². The van der Waals surface area contributed by atoms with Crippen molar-refractivity contribution in [2.45, 2.75) is 53.0 Å². The number of nitrogens with one attached hydrogen (secondary N) is 3. The number of hydrogen-bond donors (Lipinski definition) is 3. The molecule has 8 bridgehead atoms. The predicted octanol–water partition coefficient (Wildman–Crippen LogP) is 2.93. The van der Waals surface area contributed by atoms with Crippen LogP contribution in [0.3, 0.4) is 0 Å². The van der Waals surface area contributed by atoms with Crippen LogP contribution in [0.25, 0.3) is 11.1 Å². The number of fused-ring (bicyclic) bond motifs is 6.